The van der Waals surface area contributed by atoms with Crippen LogP contribution in [0.2, 0.25) is 0 Å². The molecular weight excluding hydrogens is 184 g/mol. The van der Waals surface area contributed by atoms with Gasteiger partial charge in [0.15, 0.2) is 0 Å². The van der Waals surface area contributed by atoms with Crippen molar-refractivity contribution in [2.75, 3.05) is 13.2 Å². The molecule has 1 heterocycles. The van der Waals surface area contributed by atoms with Crippen LogP contribution in [0.1, 0.15) is 60.8 Å². The lowest BCUT2D eigenvalue weighted by atomic mass is 9.53. The van der Waals surface area contributed by atoms with Crippen molar-refractivity contribution in [3.8, 4) is 0 Å². The summed E-state index contributed by atoms with van der Waals surface area (Å²) < 4.78 is 5.86. The molecule has 1 fully saturated rings. The first-order chi connectivity index (χ1) is 6.71. The third-order valence-electron chi connectivity index (χ3n) is 4.36. The van der Waals surface area contributed by atoms with E-state index < -0.39 is 0 Å². The first-order valence-electron chi connectivity index (χ1n) is 6.28. The summed E-state index contributed by atoms with van der Waals surface area (Å²) in [5.41, 5.74) is 0.946. The van der Waals surface area contributed by atoms with Gasteiger partial charge >= 0.3 is 0 Å². The van der Waals surface area contributed by atoms with Crippen LogP contribution >= 0.6 is 0 Å². The topological polar surface area (TPSA) is 9.23 Å². The summed E-state index contributed by atoms with van der Waals surface area (Å²) in [7, 11) is 0. The van der Waals surface area contributed by atoms with Crippen LogP contribution in [0.25, 0.3) is 0 Å². The molecule has 90 valence electrons. The van der Waals surface area contributed by atoms with Gasteiger partial charge in [-0.05, 0) is 23.7 Å². The van der Waals surface area contributed by atoms with Gasteiger partial charge in [-0.15, -0.1) is 0 Å². The maximum absolute atomic E-state index is 5.86. The van der Waals surface area contributed by atoms with Crippen LogP contribution in [0.4, 0.5) is 0 Å². The van der Waals surface area contributed by atoms with Crippen molar-refractivity contribution in [2.45, 2.75) is 60.8 Å². The van der Waals surface area contributed by atoms with Crippen molar-refractivity contribution in [3.05, 3.63) is 0 Å². The Labute approximate surface area is 95.6 Å². The highest BCUT2D eigenvalue weighted by atomic mass is 16.5. The van der Waals surface area contributed by atoms with Crippen LogP contribution in [-0.2, 0) is 4.74 Å². The van der Waals surface area contributed by atoms with E-state index in [1.54, 1.807) is 0 Å². The summed E-state index contributed by atoms with van der Waals surface area (Å²) >= 11 is 0. The molecule has 0 saturated carbocycles. The Kier molecular flexibility index (Phi) is 3.55. The minimum absolute atomic E-state index is 0.315. The lowest BCUT2D eigenvalue weighted by molar-refractivity contribution is -0.0919. The Balaban J connectivity index is 3.05. The Morgan fingerprint density at radius 2 is 1.40 bits per heavy atom. The first-order valence-corrected chi connectivity index (χ1v) is 6.28. The highest BCUT2D eigenvalue weighted by molar-refractivity contribution is 4.99. The van der Waals surface area contributed by atoms with Gasteiger partial charge in [0.05, 0.1) is 6.61 Å². The summed E-state index contributed by atoms with van der Waals surface area (Å²) in [6, 6.07) is 0. The van der Waals surface area contributed by atoms with Gasteiger partial charge in [-0.3, -0.25) is 0 Å². The van der Waals surface area contributed by atoms with Gasteiger partial charge in [-0.2, -0.15) is 0 Å². The Morgan fingerprint density at radius 1 is 0.867 bits per heavy atom. The van der Waals surface area contributed by atoms with Gasteiger partial charge in [-0.1, -0.05) is 48.0 Å². The van der Waals surface area contributed by atoms with Gasteiger partial charge in [-0.25, -0.2) is 0 Å². The predicted molar refractivity (Wildman–Crippen MR) is 66.0 cm³/mol. The van der Waals surface area contributed by atoms with Gasteiger partial charge < -0.3 is 4.74 Å². The maximum atomic E-state index is 5.86. The smallest absolute Gasteiger partial charge is 0.0532 e. The SMILES string of the molecule is CC(C)(C)C1(C(C)(C)C)CCCCOC1. The molecule has 0 atom stereocenters. The third kappa shape index (κ3) is 2.38. The molecule has 0 amide bonds. The van der Waals surface area contributed by atoms with Crippen LogP contribution in [0.5, 0.6) is 0 Å². The lowest BCUT2D eigenvalue weighted by Crippen LogP contribution is -2.49. The number of hydrogen-bond acceptors (Lipinski definition) is 1. The Morgan fingerprint density at radius 3 is 1.87 bits per heavy atom. The molecule has 0 radical (unpaired) electrons. The van der Waals surface area contributed by atoms with Crippen molar-refractivity contribution in [2.24, 2.45) is 16.2 Å². The molecule has 1 aliphatic heterocycles. The molecule has 0 bridgehead atoms. The maximum Gasteiger partial charge on any atom is 0.0532 e. The van der Waals surface area contributed by atoms with Gasteiger partial charge in [0.1, 0.15) is 0 Å². The highest BCUT2D eigenvalue weighted by Crippen LogP contribution is 2.55. The lowest BCUT2D eigenvalue weighted by Gasteiger charge is -2.53. The second-order valence-electron chi connectivity index (χ2n) is 7.09. The van der Waals surface area contributed by atoms with E-state index in [0.717, 1.165) is 13.2 Å². The monoisotopic (exact) mass is 212 g/mol. The summed E-state index contributed by atoms with van der Waals surface area (Å²) in [6.07, 6.45) is 3.85. The molecule has 1 heteroatoms. The van der Waals surface area contributed by atoms with Gasteiger partial charge in [0.25, 0.3) is 0 Å². The van der Waals surface area contributed by atoms with Crippen LogP contribution in [0.3, 0.4) is 0 Å². The minimum Gasteiger partial charge on any atom is -0.381 e. The molecule has 1 nitrogen and oxygen atoms in total. The van der Waals surface area contributed by atoms with Gasteiger partial charge in [0, 0.05) is 12.0 Å². The third-order valence-corrected chi connectivity index (χ3v) is 4.36. The molecule has 1 saturated heterocycles. The summed E-state index contributed by atoms with van der Waals surface area (Å²) in [6.45, 7) is 16.1. The number of rotatable bonds is 0. The average Bonchev–Trinajstić information content (AvgIpc) is 2.25. The largest absolute Gasteiger partial charge is 0.381 e. The average molecular weight is 212 g/mol. The van der Waals surface area contributed by atoms with E-state index in [1.165, 1.54) is 19.3 Å². The van der Waals surface area contributed by atoms with Crippen molar-refractivity contribution >= 4 is 0 Å². The molecule has 0 aromatic rings. The standard InChI is InChI=1S/C14H28O/c1-12(2,3)14(13(4,5)6)9-7-8-10-15-11-14/h7-11H2,1-6H3. The molecule has 0 N–H and O–H groups in total. The molecule has 0 aromatic heterocycles. The van der Waals surface area contributed by atoms with Gasteiger partial charge in [0.2, 0.25) is 0 Å². The fourth-order valence-corrected chi connectivity index (χ4v) is 3.26. The number of ether oxygens (including phenoxy) is 1. The molecule has 0 aliphatic carbocycles. The summed E-state index contributed by atoms with van der Waals surface area (Å²) in [5, 5.41) is 0. The van der Waals surface area contributed by atoms with E-state index in [2.05, 4.69) is 41.5 Å². The van der Waals surface area contributed by atoms with Crippen molar-refractivity contribution in [1.29, 1.82) is 0 Å². The van der Waals surface area contributed by atoms with E-state index in [-0.39, 0.29) is 0 Å². The van der Waals surface area contributed by atoms with Crippen molar-refractivity contribution in [3.63, 3.8) is 0 Å². The van der Waals surface area contributed by atoms with Crippen LogP contribution in [-0.4, -0.2) is 13.2 Å². The molecule has 1 rings (SSSR count). The van der Waals surface area contributed by atoms with E-state index in [0.29, 0.717) is 16.2 Å². The fraction of sp³-hybridized carbons (Fsp3) is 1.00. The molecule has 15 heavy (non-hydrogen) atoms. The van der Waals surface area contributed by atoms with Crippen LogP contribution in [0, 0.1) is 16.2 Å². The molecule has 1 aliphatic rings. The normalized spacial score (nSPS) is 23.6. The Hall–Kier alpha value is -0.0400. The first kappa shape index (κ1) is 13.0. The highest BCUT2D eigenvalue weighted by Gasteiger charge is 2.50. The number of hydrogen-bond donors (Lipinski definition) is 0. The van der Waals surface area contributed by atoms with Crippen molar-refractivity contribution < 1.29 is 4.74 Å². The summed E-state index contributed by atoms with van der Waals surface area (Å²) in [4.78, 5) is 0. The Bertz CT molecular complexity index is 180. The predicted octanol–water partition coefficient (Wildman–Crippen LogP) is 4.27. The van der Waals surface area contributed by atoms with E-state index >= 15 is 0 Å². The van der Waals surface area contributed by atoms with Crippen molar-refractivity contribution in [1.82, 2.24) is 0 Å². The quantitative estimate of drug-likeness (QED) is 0.583. The second kappa shape index (κ2) is 4.08. The van der Waals surface area contributed by atoms with Crippen LogP contribution in [0.15, 0.2) is 0 Å². The van der Waals surface area contributed by atoms with E-state index in [1.807, 2.05) is 0 Å². The molecular formula is C14H28O. The van der Waals surface area contributed by atoms with Crippen LogP contribution < -0.4 is 0 Å². The molecule has 0 unspecified atom stereocenters. The minimum atomic E-state index is 0.315. The molecule has 0 spiro atoms. The summed E-state index contributed by atoms with van der Waals surface area (Å²) in [5.74, 6) is 0. The zero-order chi connectivity index (χ0) is 11.7. The van der Waals surface area contributed by atoms with E-state index in [4.69, 9.17) is 4.74 Å². The second-order valence-corrected chi connectivity index (χ2v) is 7.09. The zero-order valence-electron chi connectivity index (χ0n) is 11.4. The fourth-order valence-electron chi connectivity index (χ4n) is 3.26. The molecule has 0 aromatic carbocycles. The van der Waals surface area contributed by atoms with E-state index in [9.17, 15) is 0 Å². The zero-order valence-corrected chi connectivity index (χ0v) is 11.4.